The van der Waals surface area contributed by atoms with Crippen LogP contribution in [0.2, 0.25) is 5.02 Å². The molecule has 0 aliphatic rings. The van der Waals surface area contributed by atoms with Crippen LogP contribution in [0.4, 0.5) is 0 Å². The molecule has 0 aliphatic heterocycles. The molecular weight excluding hydrogens is 352 g/mol. The van der Waals surface area contributed by atoms with Gasteiger partial charge in [0.05, 0.1) is 0 Å². The molecule has 0 fully saturated rings. The van der Waals surface area contributed by atoms with E-state index in [1.54, 1.807) is 0 Å². The summed E-state index contributed by atoms with van der Waals surface area (Å²) in [6, 6.07) is 2.90. The minimum absolute atomic E-state index is 0.0625. The Morgan fingerprint density at radius 1 is 1.35 bits per heavy atom. The Morgan fingerprint density at radius 3 is 2.65 bits per heavy atom. The Balaban J connectivity index is 2.64. The molecule has 17 heavy (non-hydrogen) atoms. The molecule has 0 amide bonds. The van der Waals surface area contributed by atoms with E-state index in [4.69, 9.17) is 23.2 Å². The molecule has 1 N–H and O–H groups in total. The predicted molar refractivity (Wildman–Crippen MR) is 67.1 cm³/mol. The third-order valence-corrected chi connectivity index (χ3v) is 5.16. The number of nitrogens with one attached hydrogen (secondary N) is 1. The van der Waals surface area contributed by atoms with Crippen LogP contribution >= 0.6 is 23.2 Å². The van der Waals surface area contributed by atoms with E-state index >= 15 is 0 Å². The zero-order chi connectivity index (χ0) is 12.6. The molecule has 2 aromatic rings. The molecule has 0 saturated carbocycles. The minimum atomic E-state index is -3.69. The first-order valence-corrected chi connectivity index (χ1v) is 8.32. The van der Waals surface area contributed by atoms with Gasteiger partial charge in [-0.15, -0.1) is 0 Å². The van der Waals surface area contributed by atoms with Crippen LogP contribution in [-0.4, -0.2) is 36.8 Å². The molecule has 0 saturated heterocycles. The number of hydrogen-bond donors (Lipinski definition) is 1. The number of alkyl halides is 1. The maximum atomic E-state index is 12.0. The second kappa shape index (κ2) is 4.84. The van der Waals surface area contributed by atoms with Crippen molar-refractivity contribution in [2.24, 2.45) is 0 Å². The molecule has 1 aromatic heterocycles. The average molecular weight is 359 g/mol. The molecule has 0 radical (unpaired) electrons. The van der Waals surface area contributed by atoms with Crippen molar-refractivity contribution in [2.45, 2.75) is 17.3 Å². The van der Waals surface area contributed by atoms with Crippen molar-refractivity contribution in [1.82, 2.24) is 12.7 Å². The molecule has 1 heterocycles. The quantitative estimate of drug-likeness (QED) is 0.508. The van der Waals surface area contributed by atoms with Crippen LogP contribution in [-0.2, 0) is 10.0 Å². The summed E-state index contributed by atoms with van der Waals surface area (Å²) in [5.74, 6) is 0. The van der Waals surface area contributed by atoms with E-state index in [9.17, 15) is 8.42 Å². The Labute approximate surface area is 114 Å². The molecule has 0 spiro atoms. The first-order valence-electron chi connectivity index (χ1n) is 4.49. The van der Waals surface area contributed by atoms with Crippen LogP contribution < -0.4 is 4.72 Å². The van der Waals surface area contributed by atoms with Gasteiger partial charge >= 0.3 is 115 Å². The van der Waals surface area contributed by atoms with Gasteiger partial charge in [-0.3, -0.25) is 0 Å². The average Bonchev–Trinajstić information content (AvgIpc) is 2.64. The number of benzene rings is 1. The molecule has 5 nitrogen and oxygen atoms in total. The van der Waals surface area contributed by atoms with E-state index in [1.165, 1.54) is 19.1 Å². The Bertz CT molecular complexity index is 656. The summed E-state index contributed by atoms with van der Waals surface area (Å²) in [4.78, 5) is 0.0625. The molecular formula is C8H7Cl2N3O2SSe. The van der Waals surface area contributed by atoms with Gasteiger partial charge in [0.1, 0.15) is 0 Å². The molecule has 9 heteroatoms. The Hall–Kier alpha value is -0.171. The predicted octanol–water partition coefficient (Wildman–Crippen LogP) is 1.20. The van der Waals surface area contributed by atoms with Crippen molar-refractivity contribution in [3.63, 3.8) is 0 Å². The van der Waals surface area contributed by atoms with Gasteiger partial charge in [-0.25, -0.2) is 0 Å². The van der Waals surface area contributed by atoms with Gasteiger partial charge in [-0.2, -0.15) is 0 Å². The van der Waals surface area contributed by atoms with E-state index in [1.807, 2.05) is 0 Å². The summed E-state index contributed by atoms with van der Waals surface area (Å²) >= 11 is 11.2. The van der Waals surface area contributed by atoms with Crippen molar-refractivity contribution in [3.8, 4) is 0 Å². The van der Waals surface area contributed by atoms with Crippen molar-refractivity contribution >= 4 is 59.2 Å². The van der Waals surface area contributed by atoms with E-state index in [2.05, 4.69) is 12.7 Å². The van der Waals surface area contributed by atoms with Crippen LogP contribution in [0.15, 0.2) is 17.0 Å². The monoisotopic (exact) mass is 359 g/mol. The number of rotatable bonds is 3. The summed E-state index contributed by atoms with van der Waals surface area (Å²) in [5, 5.41) is 0.404. The van der Waals surface area contributed by atoms with Crippen molar-refractivity contribution in [1.29, 1.82) is 0 Å². The van der Waals surface area contributed by atoms with Crippen LogP contribution in [0.25, 0.3) is 11.0 Å². The van der Waals surface area contributed by atoms with Gasteiger partial charge in [-0.1, -0.05) is 0 Å². The Kier molecular flexibility index (Phi) is 3.77. The first kappa shape index (κ1) is 13.3. The first-order chi connectivity index (χ1) is 7.92. The topological polar surface area (TPSA) is 72.0 Å². The van der Waals surface area contributed by atoms with Crippen molar-refractivity contribution in [2.75, 3.05) is 0 Å². The van der Waals surface area contributed by atoms with Crippen LogP contribution in [0, 0.1) is 0 Å². The Morgan fingerprint density at radius 2 is 2.00 bits per heavy atom. The van der Waals surface area contributed by atoms with E-state index in [0.29, 0.717) is 16.1 Å². The second-order valence-electron chi connectivity index (χ2n) is 3.24. The van der Waals surface area contributed by atoms with Gasteiger partial charge in [-0.05, 0) is 0 Å². The summed E-state index contributed by atoms with van der Waals surface area (Å²) in [6.07, 6.45) is 0. The van der Waals surface area contributed by atoms with Crippen molar-refractivity contribution in [3.05, 3.63) is 17.2 Å². The summed E-state index contributed by atoms with van der Waals surface area (Å²) in [5.41, 5.74) is 0.0641. The van der Waals surface area contributed by atoms with Gasteiger partial charge in [0.15, 0.2) is 0 Å². The van der Waals surface area contributed by atoms with Gasteiger partial charge in [0.25, 0.3) is 0 Å². The SMILES string of the molecule is CC(Cl)NS(=O)(=O)c1ccc(Cl)c2n[se]nc12. The van der Waals surface area contributed by atoms with E-state index in [-0.39, 0.29) is 19.9 Å². The molecule has 1 aromatic carbocycles. The zero-order valence-corrected chi connectivity index (χ0v) is 12.6. The zero-order valence-electron chi connectivity index (χ0n) is 8.52. The van der Waals surface area contributed by atoms with Gasteiger partial charge < -0.3 is 0 Å². The molecule has 1 atom stereocenters. The third kappa shape index (κ3) is 2.65. The molecule has 92 valence electrons. The number of hydrogen-bond acceptors (Lipinski definition) is 4. The van der Waals surface area contributed by atoms with E-state index in [0.717, 1.165) is 0 Å². The maximum absolute atomic E-state index is 12.0. The summed E-state index contributed by atoms with van der Waals surface area (Å²) in [6.45, 7) is 1.53. The van der Waals surface area contributed by atoms with Crippen LogP contribution in [0.1, 0.15) is 6.92 Å². The number of halogens is 2. The van der Waals surface area contributed by atoms with Crippen LogP contribution in [0.3, 0.4) is 0 Å². The third-order valence-electron chi connectivity index (χ3n) is 1.94. The molecule has 1 unspecified atom stereocenters. The fourth-order valence-electron chi connectivity index (χ4n) is 1.31. The summed E-state index contributed by atoms with van der Waals surface area (Å²) in [7, 11) is -3.69. The summed E-state index contributed by atoms with van der Waals surface area (Å²) < 4.78 is 34.4. The van der Waals surface area contributed by atoms with E-state index < -0.39 is 15.5 Å². The molecule has 2 rings (SSSR count). The normalized spacial score (nSPS) is 14.1. The second-order valence-corrected chi connectivity index (χ2v) is 7.10. The number of aromatic nitrogens is 2. The van der Waals surface area contributed by atoms with Crippen molar-refractivity contribution < 1.29 is 8.42 Å². The van der Waals surface area contributed by atoms with Gasteiger partial charge in [0, 0.05) is 0 Å². The standard InChI is InChI=1S/C8H7Cl2N3O2SSe/c1-4(9)11-16(14,15)6-3-2-5(10)7-8(6)13-17-12-7/h2-4,11H,1H3. The van der Waals surface area contributed by atoms with Gasteiger partial charge in [0.2, 0.25) is 0 Å². The number of nitrogens with zero attached hydrogens (tertiary/aromatic N) is 2. The van der Waals surface area contributed by atoms with Crippen LogP contribution in [0.5, 0.6) is 0 Å². The number of fused-ring (bicyclic) bond motifs is 1. The fraction of sp³-hybridized carbons (Fsp3) is 0.250. The molecule has 0 aliphatic carbocycles. The fourth-order valence-corrected chi connectivity index (χ4v) is 4.50. The number of sulfonamides is 1. The molecule has 0 bridgehead atoms.